The summed E-state index contributed by atoms with van der Waals surface area (Å²) in [6.07, 6.45) is 15.4. The van der Waals surface area contributed by atoms with Crippen LogP contribution in [-0.2, 0) is 4.57 Å². The van der Waals surface area contributed by atoms with Crippen LogP contribution in [0.2, 0.25) is 0 Å². The third-order valence-electron chi connectivity index (χ3n) is 4.67. The average Bonchev–Trinajstić information content (AvgIpc) is 2.53. The van der Waals surface area contributed by atoms with E-state index in [0.29, 0.717) is 0 Å². The first kappa shape index (κ1) is 29.9. The van der Waals surface area contributed by atoms with Crippen molar-refractivity contribution >= 4 is 7.60 Å². The molecule has 0 saturated heterocycles. The van der Waals surface area contributed by atoms with Gasteiger partial charge in [0.2, 0.25) is 0 Å². The van der Waals surface area contributed by atoms with Crippen LogP contribution in [0.5, 0.6) is 0 Å². The molecule has 156 valence electrons. The zero-order valence-electron chi connectivity index (χ0n) is 17.8. The van der Waals surface area contributed by atoms with E-state index < -0.39 is 7.60 Å². The van der Waals surface area contributed by atoms with E-state index in [-0.39, 0.29) is 18.2 Å². The van der Waals surface area contributed by atoms with E-state index >= 15 is 0 Å². The van der Waals surface area contributed by atoms with E-state index in [9.17, 15) is 4.57 Å². The third-order valence-corrected chi connectivity index (χ3v) is 5.66. The minimum Gasteiger partial charge on any atom is -0.344 e. The molecule has 0 aromatic heterocycles. The van der Waals surface area contributed by atoms with Crippen LogP contribution in [0, 0.1) is 11.8 Å². The van der Waals surface area contributed by atoms with Crippen molar-refractivity contribution in [3.63, 3.8) is 0 Å². The monoisotopic (exact) mass is 381 g/mol. The number of unbranched alkanes of at least 4 members (excludes halogenated alkanes) is 3. The molecule has 0 aliphatic rings. The minimum atomic E-state index is -3.78. The second-order valence-corrected chi connectivity index (χ2v) is 8.90. The van der Waals surface area contributed by atoms with Crippen molar-refractivity contribution in [2.75, 3.05) is 6.16 Å². The van der Waals surface area contributed by atoms with Gasteiger partial charge in [0.25, 0.3) is 0 Å². The van der Waals surface area contributed by atoms with Gasteiger partial charge in [0, 0.05) is 0 Å². The van der Waals surface area contributed by atoms with E-state index in [1.54, 1.807) is 0 Å². The average molecular weight is 382 g/mol. The summed E-state index contributed by atoms with van der Waals surface area (Å²) >= 11 is 0. The van der Waals surface area contributed by atoms with E-state index in [1.807, 2.05) is 6.92 Å². The first-order chi connectivity index (χ1) is 11.3. The summed E-state index contributed by atoms with van der Waals surface area (Å²) in [5.74, 6) is 1.24. The van der Waals surface area contributed by atoms with Gasteiger partial charge in [-0.2, -0.15) is 0 Å². The van der Waals surface area contributed by atoms with Crippen molar-refractivity contribution in [1.82, 2.24) is 6.15 Å². The summed E-state index contributed by atoms with van der Waals surface area (Å²) in [6, 6.07) is 0. The Labute approximate surface area is 158 Å². The number of hydrogen-bond acceptors (Lipinski definition) is 2. The molecule has 1 unspecified atom stereocenters. The minimum absolute atomic E-state index is 0. The summed E-state index contributed by atoms with van der Waals surface area (Å²) < 4.78 is 10.7. The van der Waals surface area contributed by atoms with E-state index in [2.05, 4.69) is 27.7 Å². The standard InChI is InChI=1S/C12H26.C8H19O3P.H3N/c1-4-7-10-12(9-6-3)11-8-5-2;1-3-5-6-8(4-2)7-12(9,10)11;/h12H,4-11H2,1-3H3;8H,3-7H2,1-2H3,(H2,9,10,11);1H3. The lowest BCUT2D eigenvalue weighted by Crippen LogP contribution is -2.05. The summed E-state index contributed by atoms with van der Waals surface area (Å²) in [6.45, 7) is 11.0. The smallest absolute Gasteiger partial charge is 0.325 e. The first-order valence-corrected chi connectivity index (χ1v) is 12.2. The Morgan fingerprint density at radius 1 is 0.680 bits per heavy atom. The van der Waals surface area contributed by atoms with Gasteiger partial charge in [0.15, 0.2) is 0 Å². The van der Waals surface area contributed by atoms with Gasteiger partial charge in [-0.1, -0.05) is 105 Å². The highest BCUT2D eigenvalue weighted by Crippen LogP contribution is 2.38. The maximum atomic E-state index is 10.7. The molecule has 0 bridgehead atoms. The van der Waals surface area contributed by atoms with Crippen LogP contribution >= 0.6 is 7.60 Å². The van der Waals surface area contributed by atoms with Crippen LogP contribution in [0.4, 0.5) is 0 Å². The molecule has 1 atom stereocenters. The molecule has 0 saturated carbocycles. The third kappa shape index (κ3) is 24.1. The fourth-order valence-electron chi connectivity index (χ4n) is 3.08. The van der Waals surface area contributed by atoms with Crippen LogP contribution in [0.25, 0.3) is 0 Å². The van der Waals surface area contributed by atoms with Gasteiger partial charge in [-0.3, -0.25) is 4.57 Å². The normalized spacial score (nSPS) is 12.3. The first-order valence-electron chi connectivity index (χ1n) is 10.4. The van der Waals surface area contributed by atoms with Gasteiger partial charge in [0.1, 0.15) is 0 Å². The molecule has 5 N–H and O–H groups in total. The molecule has 0 radical (unpaired) electrons. The van der Waals surface area contributed by atoms with E-state index in [4.69, 9.17) is 9.79 Å². The summed E-state index contributed by atoms with van der Waals surface area (Å²) in [5, 5.41) is 0. The van der Waals surface area contributed by atoms with Crippen LogP contribution < -0.4 is 6.15 Å². The zero-order valence-corrected chi connectivity index (χ0v) is 18.7. The maximum Gasteiger partial charge on any atom is 0.325 e. The number of hydrogen-bond donors (Lipinski definition) is 3. The van der Waals surface area contributed by atoms with Gasteiger partial charge in [-0.25, -0.2) is 0 Å². The quantitative estimate of drug-likeness (QED) is 0.275. The van der Waals surface area contributed by atoms with Gasteiger partial charge in [-0.15, -0.1) is 0 Å². The SMILES string of the molecule is CCCCC(CC)CP(=O)(O)O.CCCCC(CCC)CCCC.N. The molecule has 0 amide bonds. The number of rotatable bonds is 14. The maximum absolute atomic E-state index is 10.7. The molecule has 0 fully saturated rings. The molecule has 25 heavy (non-hydrogen) atoms. The largest absolute Gasteiger partial charge is 0.344 e. The second kappa shape index (κ2) is 20.4. The van der Waals surface area contributed by atoms with Crippen molar-refractivity contribution in [1.29, 1.82) is 0 Å². The Hall–Kier alpha value is 0.110. The predicted molar refractivity (Wildman–Crippen MR) is 113 cm³/mol. The molecule has 0 rings (SSSR count). The van der Waals surface area contributed by atoms with Crippen LogP contribution in [-0.4, -0.2) is 15.9 Å². The van der Waals surface area contributed by atoms with Gasteiger partial charge < -0.3 is 15.9 Å². The molecule has 0 spiro atoms. The van der Waals surface area contributed by atoms with Gasteiger partial charge in [0.05, 0.1) is 6.16 Å². The van der Waals surface area contributed by atoms with E-state index in [0.717, 1.165) is 31.6 Å². The highest BCUT2D eigenvalue weighted by molar-refractivity contribution is 7.51. The molecule has 5 heteroatoms. The van der Waals surface area contributed by atoms with Gasteiger partial charge in [-0.05, 0) is 18.3 Å². The Morgan fingerprint density at radius 2 is 1.08 bits per heavy atom. The fourth-order valence-corrected chi connectivity index (χ4v) is 4.19. The fraction of sp³-hybridized carbons (Fsp3) is 1.00. The molecule has 0 aliphatic carbocycles. The zero-order chi connectivity index (χ0) is 18.8. The summed E-state index contributed by atoms with van der Waals surface area (Å²) in [4.78, 5) is 17.5. The topological polar surface area (TPSA) is 92.5 Å². The van der Waals surface area contributed by atoms with Crippen molar-refractivity contribution in [3.8, 4) is 0 Å². The van der Waals surface area contributed by atoms with Gasteiger partial charge >= 0.3 is 7.60 Å². The van der Waals surface area contributed by atoms with Crippen molar-refractivity contribution in [2.24, 2.45) is 11.8 Å². The molecular formula is C20H48NO3P. The van der Waals surface area contributed by atoms with Crippen LogP contribution in [0.1, 0.15) is 112 Å². The molecule has 4 nitrogen and oxygen atoms in total. The molecular weight excluding hydrogens is 333 g/mol. The lowest BCUT2D eigenvalue weighted by molar-refractivity contribution is 0.354. The van der Waals surface area contributed by atoms with Crippen molar-refractivity contribution in [3.05, 3.63) is 0 Å². The summed E-state index contributed by atoms with van der Waals surface area (Å²) in [7, 11) is -3.78. The van der Waals surface area contributed by atoms with Crippen LogP contribution in [0.3, 0.4) is 0 Å². The lowest BCUT2D eigenvalue weighted by atomic mass is 9.92. The predicted octanol–water partition coefficient (Wildman–Crippen LogP) is 7.33. The molecule has 0 heterocycles. The lowest BCUT2D eigenvalue weighted by Gasteiger charge is -2.14. The van der Waals surface area contributed by atoms with Crippen LogP contribution in [0.15, 0.2) is 0 Å². The highest BCUT2D eigenvalue weighted by atomic mass is 31.2. The molecule has 0 aromatic carbocycles. The Balaban J connectivity index is -0.000000372. The van der Waals surface area contributed by atoms with Crippen molar-refractivity contribution < 1.29 is 14.4 Å². The summed E-state index contributed by atoms with van der Waals surface area (Å²) in [5.41, 5.74) is 0. The van der Waals surface area contributed by atoms with E-state index in [1.165, 1.54) is 51.4 Å². The Kier molecular flexibility index (Phi) is 24.4. The second-order valence-electron chi connectivity index (χ2n) is 7.20. The highest BCUT2D eigenvalue weighted by Gasteiger charge is 2.19. The molecule has 0 aliphatic heterocycles. The van der Waals surface area contributed by atoms with Crippen molar-refractivity contribution in [2.45, 2.75) is 112 Å². The Morgan fingerprint density at radius 3 is 1.36 bits per heavy atom. The Bertz CT molecular complexity index is 287. The molecule has 0 aromatic rings.